The quantitative estimate of drug-likeness (QED) is 0.331. The fourth-order valence-corrected chi connectivity index (χ4v) is 0.224. The first kappa shape index (κ1) is 7.27. The van der Waals surface area contributed by atoms with Crippen LogP contribution in [0.25, 0.3) is 0 Å². The highest BCUT2D eigenvalue weighted by Gasteiger charge is 2.01. The van der Waals surface area contributed by atoms with Gasteiger partial charge in [-0.25, -0.2) is 0 Å². The number of nitrogens with zero attached hydrogens (tertiary/aromatic N) is 1. The van der Waals surface area contributed by atoms with Crippen LogP contribution >= 0.6 is 12.8 Å². The summed E-state index contributed by atoms with van der Waals surface area (Å²) in [5.41, 5.74) is 0. The van der Waals surface area contributed by atoms with Crippen LogP contribution in [0.3, 0.4) is 0 Å². The van der Waals surface area contributed by atoms with E-state index in [1.807, 2.05) is 13.8 Å². The van der Waals surface area contributed by atoms with Crippen molar-refractivity contribution in [1.29, 1.82) is 0 Å². The Hall–Kier alpha value is 0.270. The summed E-state index contributed by atoms with van der Waals surface area (Å²) in [7, 11) is 0. The first-order valence-corrected chi connectivity index (χ1v) is 2.83. The molecule has 0 aromatic rings. The van der Waals surface area contributed by atoms with E-state index in [9.17, 15) is 5.21 Å². The zero-order valence-electron chi connectivity index (χ0n) is 4.72. The Kier molecular flexibility index (Phi) is 2.64. The highest BCUT2D eigenvalue weighted by atomic mass is 32.1. The van der Waals surface area contributed by atoms with E-state index in [1.165, 1.54) is 0 Å². The summed E-state index contributed by atoms with van der Waals surface area (Å²) < 4.78 is -0.417. The fraction of sp³-hybridized carbons (Fsp3) is 1.00. The molecule has 0 amide bonds. The molecule has 44 valence electrons. The lowest BCUT2D eigenvalue weighted by Crippen LogP contribution is -2.30. The first-order valence-electron chi connectivity index (χ1n) is 2.43. The molecule has 0 unspecified atom stereocenters. The fourth-order valence-electron chi connectivity index (χ4n) is 0.224. The van der Waals surface area contributed by atoms with E-state index in [0.717, 1.165) is 0 Å². The summed E-state index contributed by atoms with van der Waals surface area (Å²) in [6.45, 7) is 4.73. The highest BCUT2D eigenvalue weighted by molar-refractivity contribution is 7.74. The minimum Gasteiger partial charge on any atom is -0.620 e. The largest absolute Gasteiger partial charge is 0.620 e. The third-order valence-electron chi connectivity index (χ3n) is 0.988. The summed E-state index contributed by atoms with van der Waals surface area (Å²) >= 11 is 3.77. The van der Waals surface area contributed by atoms with E-state index in [1.54, 1.807) is 0 Å². The van der Waals surface area contributed by atoms with Crippen molar-refractivity contribution in [1.82, 2.24) is 0 Å². The molecule has 0 rings (SSSR count). The molecule has 0 atom stereocenters. The molecule has 0 bridgehead atoms. The lowest BCUT2D eigenvalue weighted by Gasteiger charge is -2.32. The molecule has 7 heavy (non-hydrogen) atoms. The lowest BCUT2D eigenvalue weighted by molar-refractivity contribution is -0.732. The minimum atomic E-state index is -0.417. The molecule has 0 saturated heterocycles. The van der Waals surface area contributed by atoms with Crippen molar-refractivity contribution in [3.05, 3.63) is 5.21 Å². The number of hydroxylamine groups is 2. The van der Waals surface area contributed by atoms with Crippen molar-refractivity contribution in [2.45, 2.75) is 13.8 Å². The number of rotatable bonds is 2. The van der Waals surface area contributed by atoms with Crippen molar-refractivity contribution in [2.24, 2.45) is 0 Å². The van der Waals surface area contributed by atoms with Crippen LogP contribution in [0, 0.1) is 5.21 Å². The molecule has 0 aliphatic heterocycles. The molecule has 0 aromatic heterocycles. The zero-order chi connectivity index (χ0) is 5.91. The topological polar surface area (TPSA) is 23.1 Å². The van der Waals surface area contributed by atoms with Gasteiger partial charge in [-0.2, -0.15) is 0 Å². The van der Waals surface area contributed by atoms with Gasteiger partial charge >= 0.3 is 0 Å². The van der Waals surface area contributed by atoms with E-state index in [4.69, 9.17) is 0 Å². The Labute approximate surface area is 49.8 Å². The molecule has 0 radical (unpaired) electrons. The maximum atomic E-state index is 10.6. The average molecular weight is 121 g/mol. The van der Waals surface area contributed by atoms with Crippen LogP contribution in [0.1, 0.15) is 13.8 Å². The van der Waals surface area contributed by atoms with Crippen LogP contribution in [0.5, 0.6) is 0 Å². The maximum absolute atomic E-state index is 10.6. The van der Waals surface area contributed by atoms with Crippen LogP contribution in [-0.2, 0) is 0 Å². The van der Waals surface area contributed by atoms with Crippen molar-refractivity contribution in [3.63, 3.8) is 0 Å². The maximum Gasteiger partial charge on any atom is 0.0859 e. The van der Waals surface area contributed by atoms with Crippen LogP contribution in [0.2, 0.25) is 0 Å². The molecule has 0 heterocycles. The Morgan fingerprint density at radius 2 is 1.71 bits per heavy atom. The second-order valence-corrected chi connectivity index (χ2v) is 2.21. The van der Waals surface area contributed by atoms with E-state index in [0.29, 0.717) is 13.1 Å². The Bertz CT molecular complexity index is 49.7. The Balaban J connectivity index is 3.36. The summed E-state index contributed by atoms with van der Waals surface area (Å²) in [6, 6.07) is 0. The predicted octanol–water partition coefficient (Wildman–Crippen LogP) is 1.19. The second-order valence-electron chi connectivity index (χ2n) is 1.48. The first-order chi connectivity index (χ1) is 3.12. The van der Waals surface area contributed by atoms with E-state index >= 15 is 0 Å². The normalized spacial score (nSPS) is 12.0. The smallest absolute Gasteiger partial charge is 0.0859 e. The van der Waals surface area contributed by atoms with Crippen LogP contribution in [0.15, 0.2) is 0 Å². The molecule has 0 aliphatic carbocycles. The molecule has 0 fully saturated rings. The predicted molar refractivity (Wildman–Crippen MR) is 33.7 cm³/mol. The summed E-state index contributed by atoms with van der Waals surface area (Å²) in [6.07, 6.45) is 0. The molecule has 0 spiro atoms. The van der Waals surface area contributed by atoms with Gasteiger partial charge in [0.05, 0.1) is 25.9 Å². The van der Waals surface area contributed by atoms with Gasteiger partial charge in [-0.05, 0) is 13.8 Å². The van der Waals surface area contributed by atoms with Crippen LogP contribution in [0.4, 0.5) is 0 Å². The lowest BCUT2D eigenvalue weighted by atomic mass is 10.6. The van der Waals surface area contributed by atoms with Crippen LogP contribution in [-0.4, -0.2) is 17.1 Å². The van der Waals surface area contributed by atoms with Crippen molar-refractivity contribution in [2.75, 3.05) is 13.1 Å². The van der Waals surface area contributed by atoms with Crippen molar-refractivity contribution < 1.29 is 4.05 Å². The van der Waals surface area contributed by atoms with Gasteiger partial charge < -0.3 is 9.26 Å². The zero-order valence-corrected chi connectivity index (χ0v) is 5.61. The van der Waals surface area contributed by atoms with Gasteiger partial charge in [-0.15, -0.1) is 0 Å². The highest BCUT2D eigenvalue weighted by Crippen LogP contribution is 2.04. The summed E-state index contributed by atoms with van der Waals surface area (Å²) in [5.74, 6) is 0. The monoisotopic (exact) mass is 121 g/mol. The number of thiol groups is 1. The minimum absolute atomic E-state index is 0.417. The second kappa shape index (κ2) is 2.55. The van der Waals surface area contributed by atoms with E-state index in [-0.39, 0.29) is 0 Å². The summed E-state index contributed by atoms with van der Waals surface area (Å²) in [5, 5.41) is 10.6. The Morgan fingerprint density at radius 3 is 1.71 bits per heavy atom. The number of quaternary nitrogens is 1. The van der Waals surface area contributed by atoms with Gasteiger partial charge in [-0.3, -0.25) is 0 Å². The Morgan fingerprint density at radius 1 is 1.43 bits per heavy atom. The van der Waals surface area contributed by atoms with Crippen molar-refractivity contribution in [3.8, 4) is 0 Å². The van der Waals surface area contributed by atoms with Gasteiger partial charge in [0.1, 0.15) is 0 Å². The van der Waals surface area contributed by atoms with Gasteiger partial charge in [0.15, 0.2) is 0 Å². The molecule has 0 saturated carbocycles. The summed E-state index contributed by atoms with van der Waals surface area (Å²) in [4.78, 5) is 0. The molecule has 2 nitrogen and oxygen atoms in total. The van der Waals surface area contributed by atoms with Crippen molar-refractivity contribution >= 4 is 12.8 Å². The number of hydrogen-bond acceptors (Lipinski definition) is 2. The molecule has 0 aromatic carbocycles. The molecular formula is C4H11NOS. The van der Waals surface area contributed by atoms with E-state index in [2.05, 4.69) is 12.8 Å². The molecule has 0 N–H and O–H groups in total. The number of hydrogen-bond donors (Lipinski definition) is 1. The van der Waals surface area contributed by atoms with Gasteiger partial charge in [0, 0.05) is 0 Å². The molecule has 0 aliphatic rings. The average Bonchev–Trinajstić information content (AvgIpc) is 1.68. The standard InChI is InChI=1S/C4H11NOS/c1-3-5(6,7)4-2/h7H,3-4H2,1-2H3. The van der Waals surface area contributed by atoms with Gasteiger partial charge in [0.2, 0.25) is 0 Å². The van der Waals surface area contributed by atoms with Gasteiger partial charge in [0.25, 0.3) is 0 Å². The third-order valence-corrected chi connectivity index (χ3v) is 1.55. The van der Waals surface area contributed by atoms with E-state index < -0.39 is 4.05 Å². The molecule has 3 heteroatoms. The van der Waals surface area contributed by atoms with Crippen LogP contribution < -0.4 is 0 Å². The molecular weight excluding hydrogens is 110 g/mol. The van der Waals surface area contributed by atoms with Gasteiger partial charge in [-0.1, -0.05) is 0 Å². The third kappa shape index (κ3) is 2.91. The SMILES string of the molecule is CC[N+]([O-])(S)CC.